The van der Waals surface area contributed by atoms with Crippen molar-refractivity contribution in [1.29, 1.82) is 0 Å². The number of fused-ring (bicyclic) bond motifs is 9. The first kappa shape index (κ1) is 35.4. The first-order valence-corrected chi connectivity index (χ1v) is 21.8. The second-order valence-corrected chi connectivity index (χ2v) is 16.6. The summed E-state index contributed by atoms with van der Waals surface area (Å²) in [6, 6.07) is 78.1. The van der Waals surface area contributed by atoms with Crippen LogP contribution < -0.4 is 0 Å². The Morgan fingerprint density at radius 3 is 1.70 bits per heavy atom. The summed E-state index contributed by atoms with van der Waals surface area (Å²) in [6.07, 6.45) is 8.80. The van der Waals surface area contributed by atoms with Crippen molar-refractivity contribution in [2.45, 2.75) is 12.8 Å². The van der Waals surface area contributed by atoms with Crippen LogP contribution in [0.25, 0.3) is 110 Å². The van der Waals surface area contributed by atoms with Crippen LogP contribution >= 0.6 is 0 Å². The number of aromatic nitrogens is 3. The molecular weight excluding hydrogens is 763 g/mol. The molecule has 0 amide bonds. The van der Waals surface area contributed by atoms with E-state index in [0.717, 1.165) is 35.2 Å². The summed E-state index contributed by atoms with van der Waals surface area (Å²) >= 11 is 0. The van der Waals surface area contributed by atoms with Gasteiger partial charge in [0.25, 0.3) is 0 Å². The van der Waals surface area contributed by atoms with E-state index in [9.17, 15) is 0 Å². The smallest absolute Gasteiger partial charge is 0.105 e. The van der Waals surface area contributed by atoms with Crippen molar-refractivity contribution in [3.63, 3.8) is 0 Å². The molecule has 1 aliphatic rings. The van der Waals surface area contributed by atoms with Crippen LogP contribution in [0.3, 0.4) is 0 Å². The van der Waals surface area contributed by atoms with E-state index in [1.807, 2.05) is 0 Å². The molecule has 0 spiro atoms. The summed E-state index contributed by atoms with van der Waals surface area (Å²) in [5, 5.41) is 7.27. The summed E-state index contributed by atoms with van der Waals surface area (Å²) in [7, 11) is 0. The van der Waals surface area contributed by atoms with Crippen molar-refractivity contribution >= 4 is 71.0 Å². The summed E-state index contributed by atoms with van der Waals surface area (Å²) in [4.78, 5) is 0. The highest BCUT2D eigenvalue weighted by molar-refractivity contribution is 6.14. The quantitative estimate of drug-likeness (QED) is 0.159. The second-order valence-electron chi connectivity index (χ2n) is 16.6. The number of hydrogen-bond donors (Lipinski definition) is 0. The first-order valence-electron chi connectivity index (χ1n) is 21.8. The zero-order valence-corrected chi connectivity index (χ0v) is 34.5. The van der Waals surface area contributed by atoms with Crippen molar-refractivity contribution < 1.29 is 0 Å². The minimum absolute atomic E-state index is 1.03. The third kappa shape index (κ3) is 5.48. The highest BCUT2D eigenvalue weighted by atomic mass is 15.0. The van der Waals surface area contributed by atoms with Crippen molar-refractivity contribution in [1.82, 2.24) is 13.7 Å². The molecule has 0 radical (unpaired) electrons. The topological polar surface area (TPSA) is 14.8 Å². The van der Waals surface area contributed by atoms with Crippen LogP contribution in [0.1, 0.15) is 18.4 Å². The van der Waals surface area contributed by atoms with Crippen LogP contribution in [0.2, 0.25) is 0 Å². The number of hydrogen-bond acceptors (Lipinski definition) is 0. The van der Waals surface area contributed by atoms with Gasteiger partial charge < -0.3 is 13.7 Å². The Balaban J connectivity index is 0.962. The maximum atomic E-state index is 3.68. The lowest BCUT2D eigenvalue weighted by Gasteiger charge is -2.16. The minimum Gasteiger partial charge on any atom is -0.309 e. The third-order valence-electron chi connectivity index (χ3n) is 13.2. The van der Waals surface area contributed by atoms with Crippen LogP contribution in [0.15, 0.2) is 212 Å². The van der Waals surface area contributed by atoms with Gasteiger partial charge in [-0.15, -0.1) is 0 Å². The van der Waals surface area contributed by atoms with Gasteiger partial charge in [0.2, 0.25) is 0 Å². The van der Waals surface area contributed by atoms with Gasteiger partial charge in [0.15, 0.2) is 0 Å². The molecule has 294 valence electrons. The van der Waals surface area contributed by atoms with Crippen molar-refractivity contribution in [2.75, 3.05) is 0 Å². The molecule has 63 heavy (non-hydrogen) atoms. The molecule has 0 aliphatic heterocycles. The molecule has 0 saturated heterocycles. The van der Waals surface area contributed by atoms with Gasteiger partial charge in [0.1, 0.15) is 5.52 Å². The van der Waals surface area contributed by atoms with Gasteiger partial charge in [-0.2, -0.15) is 0 Å². The Bertz CT molecular complexity index is 3850. The molecule has 1 aliphatic carbocycles. The van der Waals surface area contributed by atoms with Gasteiger partial charge in [0, 0.05) is 54.7 Å². The first-order chi connectivity index (χ1) is 31.3. The van der Waals surface area contributed by atoms with E-state index in [4.69, 9.17) is 0 Å². The Hall–Kier alpha value is -8.32. The molecule has 13 rings (SSSR count). The second kappa shape index (κ2) is 14.1. The molecule has 0 N–H and O–H groups in total. The van der Waals surface area contributed by atoms with Gasteiger partial charge in [-0.05, 0) is 102 Å². The van der Waals surface area contributed by atoms with Gasteiger partial charge >= 0.3 is 0 Å². The maximum Gasteiger partial charge on any atom is 0.105 e. The average Bonchev–Trinajstić information content (AvgIpc) is 3.99. The molecular formula is C60H39N3. The van der Waals surface area contributed by atoms with E-state index in [0.29, 0.717) is 0 Å². The molecule has 3 nitrogen and oxygen atoms in total. The number of nitrogens with zero attached hydrogens (tertiary/aromatic N) is 3. The number of para-hydroxylation sites is 5. The number of allylic oxidation sites excluding steroid dienone is 4. The normalized spacial score (nSPS) is 12.9. The van der Waals surface area contributed by atoms with Crippen molar-refractivity contribution in [3.8, 4) is 39.3 Å². The fourth-order valence-corrected chi connectivity index (χ4v) is 10.3. The average molecular weight is 802 g/mol. The zero-order valence-electron chi connectivity index (χ0n) is 34.5. The standard InChI is InChI=1S/C60H39N3/c1-3-17-40(18-4-1)45-21-7-12-26-53(45)62-56-29-15-10-24-48(56)51-38-43(32-35-59(51)62)42-31-34-58-50(37-42)47-23-9-14-28-55(47)61(58)44-33-36-60-52(39-44)49-25-11-16-30-57(49)63(60)54-27-13-8-22-46(54)41-19-5-2-6-20-41/h1-3,5-17,19-31,33-34,36-39H,4,18H2. The van der Waals surface area contributed by atoms with E-state index in [2.05, 4.69) is 238 Å². The number of benzene rings is 8. The van der Waals surface area contributed by atoms with Crippen LogP contribution in [-0.2, 0) is 0 Å². The lowest BCUT2D eigenvalue weighted by Crippen LogP contribution is -2.00. The van der Waals surface area contributed by atoms with E-state index in [1.165, 1.54) is 93.5 Å². The highest BCUT2D eigenvalue weighted by Crippen LogP contribution is 2.41. The van der Waals surface area contributed by atoms with Crippen molar-refractivity contribution in [3.05, 3.63) is 230 Å². The van der Waals surface area contributed by atoms with E-state index < -0.39 is 0 Å². The minimum atomic E-state index is 1.03. The molecule has 0 unspecified atom stereocenters. The molecule has 0 atom stereocenters. The molecule has 3 aromatic heterocycles. The van der Waals surface area contributed by atoms with E-state index >= 15 is 0 Å². The van der Waals surface area contributed by atoms with Gasteiger partial charge in [-0.25, -0.2) is 0 Å². The summed E-state index contributed by atoms with van der Waals surface area (Å²) in [5.74, 6) is 0. The lowest BCUT2D eigenvalue weighted by atomic mass is 9.96. The summed E-state index contributed by atoms with van der Waals surface area (Å²) in [6.45, 7) is 0. The SMILES string of the molecule is c1c(-c2ccc3c(c2)c2ccccc2n3-c2ccc3c(c2)c2ccccc2n3-c2ccccc2-c2ccccc2)cc2c3ccccc3n(-c3ccccc3C3=CC=CCC3)c2c#1. The maximum absolute atomic E-state index is 3.68. The predicted octanol–water partition coefficient (Wildman–Crippen LogP) is 15.6. The summed E-state index contributed by atoms with van der Waals surface area (Å²) in [5.41, 5.74) is 17.6. The Kier molecular flexibility index (Phi) is 7.95. The lowest BCUT2D eigenvalue weighted by molar-refractivity contribution is 1.05. The summed E-state index contributed by atoms with van der Waals surface area (Å²) < 4.78 is 7.24. The fourth-order valence-electron chi connectivity index (χ4n) is 10.3. The Morgan fingerprint density at radius 2 is 0.952 bits per heavy atom. The number of rotatable bonds is 6. The van der Waals surface area contributed by atoms with Crippen molar-refractivity contribution in [2.24, 2.45) is 0 Å². The Morgan fingerprint density at radius 1 is 0.381 bits per heavy atom. The van der Waals surface area contributed by atoms with E-state index in [1.54, 1.807) is 0 Å². The predicted molar refractivity (Wildman–Crippen MR) is 264 cm³/mol. The molecule has 9 aromatic carbocycles. The largest absolute Gasteiger partial charge is 0.309 e. The molecule has 12 aromatic rings. The van der Waals surface area contributed by atoms with Crippen LogP contribution in [0, 0.1) is 12.1 Å². The van der Waals surface area contributed by atoms with Crippen LogP contribution in [0.5, 0.6) is 0 Å². The molecule has 0 fully saturated rings. The molecule has 3 heteroatoms. The van der Waals surface area contributed by atoms with E-state index in [-0.39, 0.29) is 0 Å². The monoisotopic (exact) mass is 801 g/mol. The zero-order chi connectivity index (χ0) is 41.4. The van der Waals surface area contributed by atoms with Crippen LogP contribution in [-0.4, -0.2) is 13.7 Å². The fraction of sp³-hybridized carbons (Fsp3) is 0.0333. The van der Waals surface area contributed by atoms with Gasteiger partial charge in [0.05, 0.1) is 39.0 Å². The van der Waals surface area contributed by atoms with Gasteiger partial charge in [-0.1, -0.05) is 152 Å². The van der Waals surface area contributed by atoms with Crippen LogP contribution in [0.4, 0.5) is 0 Å². The third-order valence-corrected chi connectivity index (χ3v) is 13.2. The molecule has 0 saturated carbocycles. The Labute approximate surface area is 365 Å². The van der Waals surface area contributed by atoms with Gasteiger partial charge in [-0.3, -0.25) is 0 Å². The molecule has 3 heterocycles. The highest BCUT2D eigenvalue weighted by Gasteiger charge is 2.20. The molecule has 0 bridgehead atoms.